The lowest BCUT2D eigenvalue weighted by molar-refractivity contribution is 0.595. The topological polar surface area (TPSA) is 13.1 Å². The molecule has 1 aromatic heterocycles. The number of hydrogen-bond donors (Lipinski definition) is 0. The summed E-state index contributed by atoms with van der Waals surface area (Å²) in [5.74, 6) is 0.727. The maximum Gasteiger partial charge on any atom is 0.134 e. The molecule has 1 aromatic carbocycles. The van der Waals surface area contributed by atoms with Gasteiger partial charge in [-0.2, -0.15) is 0 Å². The van der Waals surface area contributed by atoms with Crippen molar-refractivity contribution in [2.24, 2.45) is 0 Å². The second kappa shape index (κ2) is 2.12. The van der Waals surface area contributed by atoms with Gasteiger partial charge in [-0.3, -0.25) is 0 Å². The number of furan rings is 1. The maximum absolute atomic E-state index is 5.31. The Kier molecular flexibility index (Phi) is 1.25. The molecule has 2 rings (SSSR count). The van der Waals surface area contributed by atoms with Crippen LogP contribution in [0.3, 0.4) is 0 Å². The largest absolute Gasteiger partial charge is 0.461 e. The first kappa shape index (κ1) is 6.47. The van der Waals surface area contributed by atoms with E-state index < -0.39 is 0 Å². The zero-order valence-corrected chi connectivity index (χ0v) is 6.42. The van der Waals surface area contributed by atoms with Crippen molar-refractivity contribution in [2.75, 3.05) is 0 Å². The van der Waals surface area contributed by atoms with E-state index in [1.54, 1.807) is 0 Å². The van der Waals surface area contributed by atoms with E-state index in [4.69, 9.17) is 4.42 Å². The quantitative estimate of drug-likeness (QED) is 0.555. The first-order chi connectivity index (χ1) is 5.25. The van der Waals surface area contributed by atoms with Gasteiger partial charge in [0.05, 0.1) is 0 Å². The molecule has 2 aromatic rings. The highest BCUT2D eigenvalue weighted by Gasteiger charge is 1.98. The van der Waals surface area contributed by atoms with Crippen LogP contribution in [-0.4, -0.2) is 0 Å². The van der Waals surface area contributed by atoms with Crippen LogP contribution in [0.4, 0.5) is 0 Å². The van der Waals surface area contributed by atoms with E-state index in [-0.39, 0.29) is 0 Å². The minimum absolute atomic E-state index is 0.727. The van der Waals surface area contributed by atoms with Gasteiger partial charge in [-0.1, -0.05) is 11.6 Å². The molecule has 0 saturated heterocycles. The zero-order valence-electron chi connectivity index (χ0n) is 6.42. The summed E-state index contributed by atoms with van der Waals surface area (Å²) in [6.45, 7) is 5.79. The Hall–Kier alpha value is -1.24. The van der Waals surface area contributed by atoms with E-state index in [0.29, 0.717) is 0 Å². The number of rotatable bonds is 0. The van der Waals surface area contributed by atoms with Gasteiger partial charge in [-0.15, -0.1) is 0 Å². The highest BCUT2D eigenvalue weighted by Crippen LogP contribution is 2.19. The van der Waals surface area contributed by atoms with Crippen LogP contribution in [-0.2, 0) is 0 Å². The van der Waals surface area contributed by atoms with Gasteiger partial charge < -0.3 is 4.42 Å². The third-order valence-corrected chi connectivity index (χ3v) is 1.72. The monoisotopic (exact) mass is 145 g/mol. The van der Waals surface area contributed by atoms with Crippen LogP contribution in [0.2, 0.25) is 0 Å². The van der Waals surface area contributed by atoms with Gasteiger partial charge >= 0.3 is 0 Å². The molecule has 55 valence electrons. The van der Waals surface area contributed by atoms with Crippen molar-refractivity contribution in [3.05, 3.63) is 42.5 Å². The summed E-state index contributed by atoms with van der Waals surface area (Å²) in [7, 11) is 0. The van der Waals surface area contributed by atoms with E-state index >= 15 is 0 Å². The molecule has 0 fully saturated rings. The molecule has 0 bridgehead atoms. The third-order valence-electron chi connectivity index (χ3n) is 1.72. The van der Waals surface area contributed by atoms with Crippen LogP contribution in [0.25, 0.3) is 11.0 Å². The average molecular weight is 145 g/mol. The Labute approximate surface area is 65.6 Å². The fourth-order valence-corrected chi connectivity index (χ4v) is 1.22. The van der Waals surface area contributed by atoms with Crippen molar-refractivity contribution in [3.63, 3.8) is 0 Å². The van der Waals surface area contributed by atoms with Gasteiger partial charge in [0.15, 0.2) is 0 Å². The molecular formula is C10H9O. The molecular weight excluding hydrogens is 136 g/mol. The van der Waals surface area contributed by atoms with E-state index in [2.05, 4.69) is 19.9 Å². The summed E-state index contributed by atoms with van der Waals surface area (Å²) in [4.78, 5) is 0. The maximum atomic E-state index is 5.31. The van der Waals surface area contributed by atoms with Crippen LogP contribution in [0.1, 0.15) is 11.3 Å². The van der Waals surface area contributed by atoms with Gasteiger partial charge in [0.1, 0.15) is 11.3 Å². The summed E-state index contributed by atoms with van der Waals surface area (Å²) in [6.07, 6.45) is 0. The summed E-state index contributed by atoms with van der Waals surface area (Å²) in [6, 6.07) is 8.04. The Bertz CT molecular complexity index is 385. The molecule has 0 aliphatic heterocycles. The summed E-state index contributed by atoms with van der Waals surface area (Å²) >= 11 is 0. The highest BCUT2D eigenvalue weighted by atomic mass is 16.3. The van der Waals surface area contributed by atoms with Gasteiger partial charge in [-0.05, 0) is 25.1 Å². The van der Waals surface area contributed by atoms with Crippen molar-refractivity contribution >= 4 is 11.0 Å². The Morgan fingerprint density at radius 3 is 2.91 bits per heavy atom. The van der Waals surface area contributed by atoms with E-state index in [1.165, 1.54) is 5.56 Å². The number of fused-ring (bicyclic) bond motifs is 1. The molecule has 11 heavy (non-hydrogen) atoms. The van der Waals surface area contributed by atoms with E-state index in [0.717, 1.165) is 16.7 Å². The lowest BCUT2D eigenvalue weighted by Gasteiger charge is -1.89. The summed E-state index contributed by atoms with van der Waals surface area (Å²) in [5, 5.41) is 1.13. The predicted octanol–water partition coefficient (Wildman–Crippen LogP) is 2.92. The van der Waals surface area contributed by atoms with Gasteiger partial charge in [0, 0.05) is 12.3 Å². The molecule has 0 aliphatic carbocycles. The normalized spacial score (nSPS) is 10.7. The molecule has 1 nitrogen and oxygen atoms in total. The smallest absolute Gasteiger partial charge is 0.134 e. The Morgan fingerprint density at radius 1 is 1.27 bits per heavy atom. The molecule has 0 spiro atoms. The molecule has 1 radical (unpaired) electrons. The molecule has 1 heterocycles. The number of benzene rings is 1. The minimum Gasteiger partial charge on any atom is -0.461 e. The first-order valence-corrected chi connectivity index (χ1v) is 3.58. The number of hydrogen-bond acceptors (Lipinski definition) is 1. The van der Waals surface area contributed by atoms with Crippen molar-refractivity contribution in [3.8, 4) is 0 Å². The molecule has 0 aliphatic rings. The predicted molar refractivity (Wildman–Crippen MR) is 45.4 cm³/mol. The van der Waals surface area contributed by atoms with Crippen LogP contribution in [0.15, 0.2) is 28.7 Å². The van der Waals surface area contributed by atoms with Crippen molar-refractivity contribution in [1.82, 2.24) is 0 Å². The van der Waals surface area contributed by atoms with Crippen molar-refractivity contribution < 1.29 is 4.42 Å². The van der Waals surface area contributed by atoms with Crippen LogP contribution in [0.5, 0.6) is 0 Å². The molecule has 1 heteroatoms. The Morgan fingerprint density at radius 2 is 2.09 bits per heavy atom. The average Bonchev–Trinajstić information content (AvgIpc) is 2.27. The second-order valence-corrected chi connectivity index (χ2v) is 2.75. The van der Waals surface area contributed by atoms with Gasteiger partial charge in [0.2, 0.25) is 0 Å². The van der Waals surface area contributed by atoms with Gasteiger partial charge in [0.25, 0.3) is 0 Å². The molecule has 0 unspecified atom stereocenters. The third kappa shape index (κ3) is 1.03. The van der Waals surface area contributed by atoms with Crippen LogP contribution >= 0.6 is 0 Å². The van der Waals surface area contributed by atoms with Gasteiger partial charge in [-0.25, -0.2) is 0 Å². The zero-order chi connectivity index (χ0) is 7.84. The molecule has 0 N–H and O–H groups in total. The SMILES string of the molecule is [CH2]c1cc2cc(C)ccc2o1. The molecule has 0 atom stereocenters. The second-order valence-electron chi connectivity index (χ2n) is 2.75. The fourth-order valence-electron chi connectivity index (χ4n) is 1.22. The summed E-state index contributed by atoms with van der Waals surface area (Å²) in [5.41, 5.74) is 2.17. The fraction of sp³-hybridized carbons (Fsp3) is 0.100. The first-order valence-electron chi connectivity index (χ1n) is 3.58. The standard InChI is InChI=1S/C10H9O/c1-7-3-4-10-9(5-7)6-8(2)11-10/h3-6H,2H2,1H3. The lowest BCUT2D eigenvalue weighted by Crippen LogP contribution is -1.67. The van der Waals surface area contributed by atoms with Crippen LogP contribution < -0.4 is 0 Å². The molecule has 0 amide bonds. The van der Waals surface area contributed by atoms with Crippen molar-refractivity contribution in [1.29, 1.82) is 0 Å². The van der Waals surface area contributed by atoms with E-state index in [1.807, 2.05) is 18.2 Å². The van der Waals surface area contributed by atoms with Crippen molar-refractivity contribution in [2.45, 2.75) is 6.92 Å². The minimum atomic E-state index is 0.727. The lowest BCUT2D eigenvalue weighted by atomic mass is 10.2. The van der Waals surface area contributed by atoms with E-state index in [9.17, 15) is 0 Å². The summed E-state index contributed by atoms with van der Waals surface area (Å²) < 4.78 is 5.31. The van der Waals surface area contributed by atoms with Crippen LogP contribution in [0, 0.1) is 13.8 Å². The highest BCUT2D eigenvalue weighted by molar-refractivity contribution is 5.78. The Balaban J connectivity index is 2.82. The molecule has 0 saturated carbocycles. The number of aryl methyl sites for hydroxylation is 1.